The van der Waals surface area contributed by atoms with E-state index < -0.39 is 10.1 Å². The highest BCUT2D eigenvalue weighted by atomic mass is 32.2. The molecule has 1 aliphatic carbocycles. The van der Waals surface area contributed by atoms with Crippen LogP contribution in [0, 0.1) is 12.8 Å². The number of carbonyl (C=O) groups is 1. The molecule has 0 aliphatic heterocycles. The maximum absolute atomic E-state index is 13.6. The van der Waals surface area contributed by atoms with Crippen molar-refractivity contribution < 1.29 is 17.5 Å². The van der Waals surface area contributed by atoms with Gasteiger partial charge >= 0.3 is 10.1 Å². The molecule has 0 atom stereocenters. The van der Waals surface area contributed by atoms with Crippen LogP contribution in [0.3, 0.4) is 0 Å². The molecule has 0 radical (unpaired) electrons. The summed E-state index contributed by atoms with van der Waals surface area (Å²) in [5.41, 5.74) is 1.60. The number of oxime groups is 1. The molecular formula is C26H27NO4S2. The summed E-state index contributed by atoms with van der Waals surface area (Å²) in [6.45, 7) is 1.88. The summed E-state index contributed by atoms with van der Waals surface area (Å²) in [7, 11) is -4.12. The lowest BCUT2D eigenvalue weighted by Gasteiger charge is -2.13. The highest BCUT2D eigenvalue weighted by Gasteiger charge is 2.26. The Balaban J connectivity index is 1.71. The summed E-state index contributed by atoms with van der Waals surface area (Å²) in [5.74, 6) is 0.0139. The number of benzene rings is 3. The smallest absolute Gasteiger partial charge is 0.287 e. The maximum Gasteiger partial charge on any atom is 0.358 e. The van der Waals surface area contributed by atoms with Crippen LogP contribution in [0.5, 0.6) is 0 Å². The number of fused-ring (bicyclic) bond motifs is 1. The molecule has 33 heavy (non-hydrogen) atoms. The first kappa shape index (κ1) is 23.5. The van der Waals surface area contributed by atoms with Gasteiger partial charge in [-0.2, -0.15) is 8.42 Å². The first-order valence-corrected chi connectivity index (χ1v) is 13.7. The molecular weight excluding hydrogens is 454 g/mol. The van der Waals surface area contributed by atoms with Gasteiger partial charge in [-0.3, -0.25) is 9.08 Å². The van der Waals surface area contributed by atoms with E-state index in [4.69, 9.17) is 4.28 Å². The largest absolute Gasteiger partial charge is 0.358 e. The summed E-state index contributed by atoms with van der Waals surface area (Å²) < 4.78 is 30.5. The number of rotatable bonds is 8. The van der Waals surface area contributed by atoms with Crippen molar-refractivity contribution in [3.05, 3.63) is 71.8 Å². The molecule has 0 saturated heterocycles. The molecule has 3 aromatic carbocycles. The van der Waals surface area contributed by atoms with Gasteiger partial charge in [0.1, 0.15) is 10.6 Å². The molecule has 1 saturated carbocycles. The van der Waals surface area contributed by atoms with Crippen molar-refractivity contribution in [2.75, 3.05) is 6.26 Å². The first-order valence-electron chi connectivity index (χ1n) is 11.1. The summed E-state index contributed by atoms with van der Waals surface area (Å²) in [6, 6.07) is 17.8. The molecule has 0 N–H and O–H groups in total. The van der Waals surface area contributed by atoms with Crippen molar-refractivity contribution >= 4 is 44.1 Å². The molecule has 0 aromatic heterocycles. The standard InChI is InChI=1S/C26H27NO4S2/c1-18-11-13-20(14-12-18)33(29,30)31-27-24(17-19-7-3-4-8-19)26(28)23-15-16-25(32-2)22-10-6-5-9-21(22)23/h5-6,9-16,19H,3-4,7-8,17H2,1-2H3/b27-24+. The van der Waals surface area contributed by atoms with Crippen LogP contribution in [0.1, 0.15) is 48.0 Å². The van der Waals surface area contributed by atoms with Gasteiger partial charge in [-0.05, 0) is 60.6 Å². The lowest BCUT2D eigenvalue weighted by atomic mass is 9.93. The number of nitrogens with zero attached hydrogens (tertiary/aromatic N) is 1. The minimum atomic E-state index is -4.12. The molecule has 1 aliphatic rings. The summed E-state index contributed by atoms with van der Waals surface area (Å²) in [4.78, 5) is 14.7. The van der Waals surface area contributed by atoms with Gasteiger partial charge in [0, 0.05) is 10.5 Å². The molecule has 5 nitrogen and oxygen atoms in total. The van der Waals surface area contributed by atoms with Crippen molar-refractivity contribution in [3.63, 3.8) is 0 Å². The number of thioether (sulfide) groups is 1. The van der Waals surface area contributed by atoms with Crippen molar-refractivity contribution in [1.29, 1.82) is 0 Å². The fourth-order valence-corrected chi connectivity index (χ4v) is 5.65. The molecule has 0 spiro atoms. The Morgan fingerprint density at radius 1 is 1.00 bits per heavy atom. The highest BCUT2D eigenvalue weighted by Crippen LogP contribution is 2.32. The number of aryl methyl sites for hydroxylation is 1. The quantitative estimate of drug-likeness (QED) is 0.161. The van der Waals surface area contributed by atoms with E-state index in [1.165, 1.54) is 12.1 Å². The number of Topliss-reactive ketones (excluding diaryl/α,β-unsaturated/α-hetero) is 1. The minimum Gasteiger partial charge on any atom is -0.287 e. The molecule has 3 aromatic rings. The zero-order chi connectivity index (χ0) is 23.4. The molecule has 1 fully saturated rings. The topological polar surface area (TPSA) is 72.8 Å². The van der Waals surface area contributed by atoms with Crippen molar-refractivity contribution in [1.82, 2.24) is 0 Å². The second kappa shape index (κ2) is 10.1. The van der Waals surface area contributed by atoms with Gasteiger partial charge in [0.15, 0.2) is 0 Å². The third-order valence-electron chi connectivity index (χ3n) is 6.12. The Labute approximate surface area is 199 Å². The monoisotopic (exact) mass is 481 g/mol. The van der Waals surface area contributed by atoms with Crippen LogP contribution in [0.15, 0.2) is 75.6 Å². The van der Waals surface area contributed by atoms with Gasteiger partial charge in [0.05, 0.1) is 0 Å². The van der Waals surface area contributed by atoms with E-state index in [-0.39, 0.29) is 16.4 Å². The Morgan fingerprint density at radius 2 is 1.67 bits per heavy atom. The molecule has 7 heteroatoms. The number of hydrogen-bond acceptors (Lipinski definition) is 6. The molecule has 4 rings (SSSR count). The molecule has 172 valence electrons. The predicted octanol–water partition coefficient (Wildman–Crippen LogP) is 6.39. The second-order valence-corrected chi connectivity index (χ2v) is 10.8. The predicted molar refractivity (Wildman–Crippen MR) is 134 cm³/mol. The third-order valence-corrected chi connectivity index (χ3v) is 8.04. The fraction of sp³-hybridized carbons (Fsp3) is 0.308. The van der Waals surface area contributed by atoms with Gasteiger partial charge in [0.2, 0.25) is 5.78 Å². The van der Waals surface area contributed by atoms with E-state index >= 15 is 0 Å². The number of ketones is 1. The van der Waals surface area contributed by atoms with Crippen LogP contribution in [-0.2, 0) is 14.4 Å². The van der Waals surface area contributed by atoms with Gasteiger partial charge in [-0.1, -0.05) is 72.8 Å². The molecule has 0 unspecified atom stereocenters. The van der Waals surface area contributed by atoms with Crippen molar-refractivity contribution in [2.24, 2.45) is 11.1 Å². The highest BCUT2D eigenvalue weighted by molar-refractivity contribution is 7.98. The van der Waals surface area contributed by atoms with E-state index in [0.29, 0.717) is 17.9 Å². The molecule has 0 bridgehead atoms. The Morgan fingerprint density at radius 3 is 2.33 bits per heavy atom. The number of hydrogen-bond donors (Lipinski definition) is 0. The normalized spacial score (nSPS) is 15.2. The van der Waals surface area contributed by atoms with E-state index in [2.05, 4.69) is 5.16 Å². The minimum absolute atomic E-state index is 0.0132. The lowest BCUT2D eigenvalue weighted by Crippen LogP contribution is -2.19. The average molecular weight is 482 g/mol. The lowest BCUT2D eigenvalue weighted by molar-refractivity contribution is 0.106. The third kappa shape index (κ3) is 5.31. The van der Waals surface area contributed by atoms with Gasteiger partial charge in [0.25, 0.3) is 0 Å². The van der Waals surface area contributed by atoms with Gasteiger partial charge in [-0.15, -0.1) is 11.8 Å². The Kier molecular flexibility index (Phi) is 7.20. The Bertz CT molecular complexity index is 1290. The van der Waals surface area contributed by atoms with Crippen molar-refractivity contribution in [3.8, 4) is 0 Å². The summed E-state index contributed by atoms with van der Waals surface area (Å²) in [5, 5.41) is 5.78. The van der Waals surface area contributed by atoms with E-state index in [1.54, 1.807) is 30.0 Å². The first-order chi connectivity index (χ1) is 15.9. The van der Waals surface area contributed by atoms with Crippen LogP contribution in [0.4, 0.5) is 0 Å². The van der Waals surface area contributed by atoms with E-state index in [1.807, 2.05) is 43.5 Å². The summed E-state index contributed by atoms with van der Waals surface area (Å²) >= 11 is 1.62. The van der Waals surface area contributed by atoms with Crippen LogP contribution in [0.25, 0.3) is 10.8 Å². The Hall–Kier alpha value is -2.64. The molecule has 0 heterocycles. The van der Waals surface area contributed by atoms with E-state index in [0.717, 1.165) is 46.9 Å². The van der Waals surface area contributed by atoms with Gasteiger partial charge in [-0.25, -0.2) is 0 Å². The van der Waals surface area contributed by atoms with Crippen LogP contribution in [0.2, 0.25) is 0 Å². The zero-order valence-electron chi connectivity index (χ0n) is 18.8. The zero-order valence-corrected chi connectivity index (χ0v) is 20.4. The SMILES string of the molecule is CSc1ccc(C(=O)/C(CC2CCCC2)=N/OS(=O)(=O)c2ccc(C)cc2)c2ccccc12. The molecule has 0 amide bonds. The average Bonchev–Trinajstić information content (AvgIpc) is 3.34. The van der Waals surface area contributed by atoms with Crippen LogP contribution < -0.4 is 0 Å². The van der Waals surface area contributed by atoms with Gasteiger partial charge < -0.3 is 0 Å². The fourth-order valence-electron chi connectivity index (χ4n) is 4.30. The van der Waals surface area contributed by atoms with E-state index in [9.17, 15) is 13.2 Å². The van der Waals surface area contributed by atoms with Crippen LogP contribution >= 0.6 is 11.8 Å². The second-order valence-electron chi connectivity index (χ2n) is 8.42. The van der Waals surface area contributed by atoms with Crippen LogP contribution in [-0.4, -0.2) is 26.2 Å². The van der Waals surface area contributed by atoms with Crippen molar-refractivity contribution in [2.45, 2.75) is 48.8 Å². The maximum atomic E-state index is 13.6. The summed E-state index contributed by atoms with van der Waals surface area (Å²) in [6.07, 6.45) is 6.63. The number of carbonyl (C=O) groups excluding carboxylic acids is 1.